The van der Waals surface area contributed by atoms with Crippen LogP contribution in [0.3, 0.4) is 0 Å². The third-order valence-corrected chi connectivity index (χ3v) is 3.60. The number of benzene rings is 1. The average Bonchev–Trinajstić information content (AvgIpc) is 3.09. The van der Waals surface area contributed by atoms with Crippen LogP contribution in [0.25, 0.3) is 0 Å². The summed E-state index contributed by atoms with van der Waals surface area (Å²) in [5.41, 5.74) is 2.82. The summed E-state index contributed by atoms with van der Waals surface area (Å²) in [7, 11) is 0. The zero-order chi connectivity index (χ0) is 12.4. The van der Waals surface area contributed by atoms with Crippen LogP contribution in [0, 0.1) is 19.8 Å². The fraction of sp³-hybridized carbons (Fsp3) is 0.500. The normalized spacial score (nSPS) is 14.8. The van der Waals surface area contributed by atoms with Crippen LogP contribution in [0.1, 0.15) is 34.3 Å². The van der Waals surface area contributed by atoms with Gasteiger partial charge in [0.05, 0.1) is 11.9 Å². The Morgan fingerprint density at radius 2 is 1.94 bits per heavy atom. The Balaban J connectivity index is 2.17. The molecule has 0 atom stereocenters. The molecule has 0 saturated heterocycles. The summed E-state index contributed by atoms with van der Waals surface area (Å²) in [6, 6.07) is 3.93. The molecule has 0 unspecified atom stereocenters. The molecule has 1 fully saturated rings. The third-order valence-electron chi connectivity index (χ3n) is 3.09. The molecular formula is C14H17BrO2. The fourth-order valence-corrected chi connectivity index (χ4v) is 2.29. The van der Waals surface area contributed by atoms with Crippen molar-refractivity contribution in [3.63, 3.8) is 0 Å². The maximum absolute atomic E-state index is 11.8. The monoisotopic (exact) mass is 296 g/mol. The first-order valence-corrected chi connectivity index (χ1v) is 7.07. The molecule has 1 aliphatic carbocycles. The van der Waals surface area contributed by atoms with Crippen LogP contribution in [-0.4, -0.2) is 17.7 Å². The fourth-order valence-electron chi connectivity index (χ4n) is 2.01. The zero-order valence-electron chi connectivity index (χ0n) is 10.3. The highest BCUT2D eigenvalue weighted by molar-refractivity contribution is 9.09. The first-order chi connectivity index (χ1) is 8.11. The van der Waals surface area contributed by atoms with E-state index in [0.29, 0.717) is 5.33 Å². The summed E-state index contributed by atoms with van der Waals surface area (Å²) in [6.07, 6.45) is 2.58. The lowest BCUT2D eigenvalue weighted by Gasteiger charge is -2.12. The van der Waals surface area contributed by atoms with Gasteiger partial charge in [-0.1, -0.05) is 15.9 Å². The van der Waals surface area contributed by atoms with E-state index in [9.17, 15) is 4.79 Å². The first kappa shape index (κ1) is 12.6. The van der Waals surface area contributed by atoms with Gasteiger partial charge in [-0.25, -0.2) is 0 Å². The minimum atomic E-state index is 0.133. The lowest BCUT2D eigenvalue weighted by molar-refractivity contribution is 0.102. The minimum absolute atomic E-state index is 0.133. The number of halogens is 1. The van der Waals surface area contributed by atoms with Crippen molar-refractivity contribution < 1.29 is 9.53 Å². The van der Waals surface area contributed by atoms with Gasteiger partial charge in [0, 0.05) is 5.56 Å². The van der Waals surface area contributed by atoms with E-state index in [1.54, 1.807) is 0 Å². The van der Waals surface area contributed by atoms with Gasteiger partial charge in [-0.2, -0.15) is 0 Å². The summed E-state index contributed by atoms with van der Waals surface area (Å²) in [4.78, 5) is 11.8. The number of ketones is 1. The average molecular weight is 297 g/mol. The number of Topliss-reactive ketones (excluding diaryl/α,β-unsaturated/α-hetero) is 1. The van der Waals surface area contributed by atoms with Crippen LogP contribution in [0.4, 0.5) is 0 Å². The van der Waals surface area contributed by atoms with E-state index < -0.39 is 0 Å². The quantitative estimate of drug-likeness (QED) is 0.612. The van der Waals surface area contributed by atoms with Gasteiger partial charge >= 0.3 is 0 Å². The van der Waals surface area contributed by atoms with Gasteiger partial charge in [-0.05, 0) is 55.9 Å². The van der Waals surface area contributed by atoms with Crippen molar-refractivity contribution in [2.24, 2.45) is 5.92 Å². The minimum Gasteiger partial charge on any atom is -0.493 e. The molecule has 0 aromatic heterocycles. The van der Waals surface area contributed by atoms with Gasteiger partial charge in [0.25, 0.3) is 0 Å². The molecule has 0 N–H and O–H groups in total. The van der Waals surface area contributed by atoms with Crippen molar-refractivity contribution in [3.8, 4) is 5.75 Å². The lowest BCUT2D eigenvalue weighted by Crippen LogP contribution is -2.07. The summed E-state index contributed by atoms with van der Waals surface area (Å²) < 4.78 is 5.74. The number of hydrogen-bond acceptors (Lipinski definition) is 2. The van der Waals surface area contributed by atoms with E-state index in [-0.39, 0.29) is 5.78 Å². The van der Waals surface area contributed by atoms with E-state index in [4.69, 9.17) is 4.74 Å². The van der Waals surface area contributed by atoms with Gasteiger partial charge in [0.15, 0.2) is 5.78 Å². The number of carbonyl (C=O) groups is 1. The van der Waals surface area contributed by atoms with E-state index in [1.165, 1.54) is 12.8 Å². The Hall–Kier alpha value is -0.830. The highest BCUT2D eigenvalue weighted by Crippen LogP contribution is 2.30. The molecule has 17 heavy (non-hydrogen) atoms. The highest BCUT2D eigenvalue weighted by atomic mass is 79.9. The first-order valence-electron chi connectivity index (χ1n) is 5.95. The van der Waals surface area contributed by atoms with Crippen LogP contribution in [0.2, 0.25) is 0 Å². The van der Waals surface area contributed by atoms with Crippen LogP contribution in [0.15, 0.2) is 12.1 Å². The van der Waals surface area contributed by atoms with E-state index in [0.717, 1.165) is 35.0 Å². The predicted octanol–water partition coefficient (Wildman–Crippen LogP) is 3.67. The number of hydrogen-bond donors (Lipinski definition) is 0. The molecule has 2 nitrogen and oxygen atoms in total. The second-order valence-corrected chi connectivity index (χ2v) is 5.30. The number of carbonyl (C=O) groups excluding carboxylic acids is 1. The van der Waals surface area contributed by atoms with Crippen molar-refractivity contribution in [2.45, 2.75) is 26.7 Å². The summed E-state index contributed by atoms with van der Waals surface area (Å²) >= 11 is 3.22. The predicted molar refractivity (Wildman–Crippen MR) is 72.3 cm³/mol. The second-order valence-electron chi connectivity index (χ2n) is 4.74. The smallest absolute Gasteiger partial charge is 0.173 e. The molecule has 1 aromatic rings. The number of alkyl halides is 1. The Morgan fingerprint density at radius 3 is 2.41 bits per heavy atom. The molecule has 3 heteroatoms. The van der Waals surface area contributed by atoms with Crippen molar-refractivity contribution >= 4 is 21.7 Å². The van der Waals surface area contributed by atoms with Crippen molar-refractivity contribution in [1.29, 1.82) is 0 Å². The Labute approximate surface area is 110 Å². The molecule has 1 aliphatic rings. The van der Waals surface area contributed by atoms with Gasteiger partial charge < -0.3 is 4.74 Å². The molecule has 0 heterocycles. The SMILES string of the molecule is Cc1cc(OCC2CC2)cc(C)c1C(=O)CBr. The third kappa shape index (κ3) is 3.09. The van der Waals surface area contributed by atoms with Crippen molar-refractivity contribution in [2.75, 3.05) is 11.9 Å². The second kappa shape index (κ2) is 5.21. The molecule has 1 saturated carbocycles. The van der Waals surface area contributed by atoms with Crippen LogP contribution < -0.4 is 4.74 Å². The highest BCUT2D eigenvalue weighted by Gasteiger charge is 2.22. The number of aryl methyl sites for hydroxylation is 2. The molecule has 2 rings (SSSR count). The van der Waals surface area contributed by atoms with Gasteiger partial charge in [0.1, 0.15) is 5.75 Å². The molecule has 92 valence electrons. The molecule has 0 spiro atoms. The Bertz CT molecular complexity index is 413. The van der Waals surface area contributed by atoms with Crippen molar-refractivity contribution in [3.05, 3.63) is 28.8 Å². The summed E-state index contributed by atoms with van der Waals surface area (Å²) in [5.74, 6) is 1.77. The lowest BCUT2D eigenvalue weighted by atomic mass is 9.99. The Kier molecular flexibility index (Phi) is 3.87. The van der Waals surface area contributed by atoms with Gasteiger partial charge in [-0.15, -0.1) is 0 Å². The largest absolute Gasteiger partial charge is 0.493 e. The summed E-state index contributed by atoms with van der Waals surface area (Å²) in [5, 5.41) is 0.372. The maximum Gasteiger partial charge on any atom is 0.173 e. The van der Waals surface area contributed by atoms with Crippen molar-refractivity contribution in [1.82, 2.24) is 0 Å². The molecule has 0 bridgehead atoms. The standard InChI is InChI=1S/C14H17BrO2/c1-9-5-12(17-8-11-3-4-11)6-10(2)14(9)13(16)7-15/h5-6,11H,3-4,7-8H2,1-2H3. The molecule has 0 aliphatic heterocycles. The topological polar surface area (TPSA) is 26.3 Å². The zero-order valence-corrected chi connectivity index (χ0v) is 11.8. The van der Waals surface area contributed by atoms with Gasteiger partial charge in [-0.3, -0.25) is 4.79 Å². The molecular weight excluding hydrogens is 280 g/mol. The molecule has 0 radical (unpaired) electrons. The Morgan fingerprint density at radius 1 is 1.35 bits per heavy atom. The van der Waals surface area contributed by atoms with Crippen LogP contribution in [0.5, 0.6) is 5.75 Å². The van der Waals surface area contributed by atoms with Crippen LogP contribution >= 0.6 is 15.9 Å². The number of ether oxygens (including phenoxy) is 1. The van der Waals surface area contributed by atoms with Crippen LogP contribution in [-0.2, 0) is 0 Å². The molecule has 1 aromatic carbocycles. The van der Waals surface area contributed by atoms with E-state index in [1.807, 2.05) is 26.0 Å². The maximum atomic E-state index is 11.8. The van der Waals surface area contributed by atoms with Gasteiger partial charge in [0.2, 0.25) is 0 Å². The molecule has 0 amide bonds. The number of rotatable bonds is 5. The summed E-state index contributed by atoms with van der Waals surface area (Å²) in [6.45, 7) is 4.74. The van der Waals surface area contributed by atoms with E-state index in [2.05, 4.69) is 15.9 Å². The van der Waals surface area contributed by atoms with E-state index >= 15 is 0 Å².